The zero-order valence-electron chi connectivity index (χ0n) is 12.1. The van der Waals surface area contributed by atoms with Gasteiger partial charge in [-0.2, -0.15) is 0 Å². The maximum atomic E-state index is 10.6. The van der Waals surface area contributed by atoms with E-state index in [4.69, 9.17) is 5.11 Å². The average Bonchev–Trinajstić information content (AvgIpc) is 2.47. The van der Waals surface area contributed by atoms with Crippen LogP contribution in [0, 0.1) is 5.92 Å². The Morgan fingerprint density at radius 3 is 2.70 bits per heavy atom. The van der Waals surface area contributed by atoms with Crippen molar-refractivity contribution in [3.05, 3.63) is 41.5 Å². The zero-order valence-corrected chi connectivity index (χ0v) is 12.1. The first kappa shape index (κ1) is 14.8. The fourth-order valence-corrected chi connectivity index (χ4v) is 2.80. The van der Waals surface area contributed by atoms with Crippen molar-refractivity contribution in [2.75, 3.05) is 13.1 Å². The molecule has 1 aliphatic rings. The molecule has 0 aromatic heterocycles. The topological polar surface area (TPSA) is 40.5 Å². The number of likely N-dealkylation sites (tertiary alicyclic amines) is 1. The van der Waals surface area contributed by atoms with Crippen molar-refractivity contribution in [3.63, 3.8) is 0 Å². The van der Waals surface area contributed by atoms with Gasteiger partial charge in [0.05, 0.1) is 0 Å². The van der Waals surface area contributed by atoms with Gasteiger partial charge in [-0.3, -0.25) is 4.90 Å². The molecule has 0 amide bonds. The number of hydrogen-bond acceptors (Lipinski definition) is 2. The van der Waals surface area contributed by atoms with E-state index >= 15 is 0 Å². The molecular weight excluding hydrogens is 250 g/mol. The summed E-state index contributed by atoms with van der Waals surface area (Å²) in [4.78, 5) is 13.1. The molecular formula is C17H23NO2. The first-order valence-corrected chi connectivity index (χ1v) is 7.40. The van der Waals surface area contributed by atoms with Crippen LogP contribution in [0.15, 0.2) is 30.3 Å². The second kappa shape index (κ2) is 7.25. The Morgan fingerprint density at radius 1 is 1.35 bits per heavy atom. The fourth-order valence-electron chi connectivity index (χ4n) is 2.80. The summed E-state index contributed by atoms with van der Waals surface area (Å²) in [5.41, 5.74) is 2.22. The summed E-state index contributed by atoms with van der Waals surface area (Å²) >= 11 is 0. The molecule has 3 nitrogen and oxygen atoms in total. The Hall–Kier alpha value is -1.61. The van der Waals surface area contributed by atoms with Crippen LogP contribution in [-0.2, 0) is 11.3 Å². The minimum Gasteiger partial charge on any atom is -0.478 e. The maximum absolute atomic E-state index is 10.6. The van der Waals surface area contributed by atoms with Gasteiger partial charge >= 0.3 is 5.97 Å². The molecule has 1 aromatic carbocycles. The Bertz CT molecular complexity index is 474. The number of benzene rings is 1. The summed E-state index contributed by atoms with van der Waals surface area (Å²) in [5.74, 6) is -0.0167. The summed E-state index contributed by atoms with van der Waals surface area (Å²) in [7, 11) is 0. The summed E-state index contributed by atoms with van der Waals surface area (Å²) in [5, 5.41) is 8.75. The minimum absolute atomic E-state index is 0.883. The van der Waals surface area contributed by atoms with Crippen LogP contribution in [0.1, 0.15) is 37.3 Å². The lowest BCUT2D eigenvalue weighted by atomic mass is 9.94. The largest absolute Gasteiger partial charge is 0.478 e. The third-order valence-corrected chi connectivity index (χ3v) is 4.14. The molecule has 0 unspecified atom stereocenters. The molecule has 1 fully saturated rings. The number of aliphatic carboxylic acids is 1. The van der Waals surface area contributed by atoms with Gasteiger partial charge in [0.2, 0.25) is 0 Å². The molecule has 108 valence electrons. The van der Waals surface area contributed by atoms with Gasteiger partial charge in [0, 0.05) is 12.6 Å². The lowest BCUT2D eigenvalue weighted by Gasteiger charge is -2.31. The Labute approximate surface area is 120 Å². The molecule has 1 aliphatic heterocycles. The van der Waals surface area contributed by atoms with E-state index in [1.165, 1.54) is 30.9 Å². The number of hydrogen-bond donors (Lipinski definition) is 1. The van der Waals surface area contributed by atoms with Crippen molar-refractivity contribution in [2.24, 2.45) is 5.92 Å². The third kappa shape index (κ3) is 4.20. The first-order chi connectivity index (χ1) is 9.69. The molecule has 0 saturated carbocycles. The molecule has 3 heteroatoms. The number of carboxylic acids is 1. The number of piperidine rings is 1. The van der Waals surface area contributed by atoms with Crippen LogP contribution in [-0.4, -0.2) is 29.1 Å². The van der Waals surface area contributed by atoms with Crippen LogP contribution in [0.4, 0.5) is 0 Å². The SMILES string of the molecule is CCC1CCN(Cc2ccccc2C=CC(=O)O)CC1. The highest BCUT2D eigenvalue weighted by Crippen LogP contribution is 2.22. The van der Waals surface area contributed by atoms with Gasteiger partial charge < -0.3 is 5.11 Å². The molecule has 0 atom stereocenters. The normalized spacial score (nSPS) is 17.6. The van der Waals surface area contributed by atoms with E-state index < -0.39 is 5.97 Å². The second-order valence-corrected chi connectivity index (χ2v) is 5.50. The lowest BCUT2D eigenvalue weighted by molar-refractivity contribution is -0.131. The van der Waals surface area contributed by atoms with E-state index in [-0.39, 0.29) is 0 Å². The van der Waals surface area contributed by atoms with Gasteiger partial charge in [0.25, 0.3) is 0 Å². The lowest BCUT2D eigenvalue weighted by Crippen LogP contribution is -2.33. The minimum atomic E-state index is -0.899. The Kier molecular flexibility index (Phi) is 5.36. The number of carbonyl (C=O) groups is 1. The van der Waals surface area contributed by atoms with Gasteiger partial charge in [-0.15, -0.1) is 0 Å². The highest BCUT2D eigenvalue weighted by molar-refractivity contribution is 5.85. The van der Waals surface area contributed by atoms with Crippen LogP contribution in [0.5, 0.6) is 0 Å². The highest BCUT2D eigenvalue weighted by Gasteiger charge is 2.18. The van der Waals surface area contributed by atoms with E-state index in [1.807, 2.05) is 18.2 Å². The molecule has 20 heavy (non-hydrogen) atoms. The van der Waals surface area contributed by atoms with Crippen LogP contribution >= 0.6 is 0 Å². The predicted octanol–water partition coefficient (Wildman–Crippen LogP) is 3.41. The quantitative estimate of drug-likeness (QED) is 0.836. The standard InChI is InChI=1S/C17H23NO2/c1-2-14-9-11-18(12-10-14)13-16-6-4-3-5-15(16)7-8-17(19)20/h3-8,14H,2,9-13H2,1H3,(H,19,20). The van der Waals surface area contributed by atoms with Crippen LogP contribution in [0.2, 0.25) is 0 Å². The van der Waals surface area contributed by atoms with Gasteiger partial charge in [0.1, 0.15) is 0 Å². The number of rotatable bonds is 5. The van der Waals surface area contributed by atoms with Crippen LogP contribution in [0.25, 0.3) is 6.08 Å². The molecule has 1 saturated heterocycles. The monoisotopic (exact) mass is 273 g/mol. The van der Waals surface area contributed by atoms with E-state index in [0.717, 1.165) is 31.1 Å². The van der Waals surface area contributed by atoms with Gasteiger partial charge in [-0.1, -0.05) is 37.6 Å². The van der Waals surface area contributed by atoms with Crippen molar-refractivity contribution in [1.82, 2.24) is 4.90 Å². The van der Waals surface area contributed by atoms with Crippen LogP contribution < -0.4 is 0 Å². The fraction of sp³-hybridized carbons (Fsp3) is 0.471. The van der Waals surface area contributed by atoms with E-state index in [9.17, 15) is 4.79 Å². The summed E-state index contributed by atoms with van der Waals surface area (Å²) < 4.78 is 0. The van der Waals surface area contributed by atoms with E-state index in [1.54, 1.807) is 6.08 Å². The smallest absolute Gasteiger partial charge is 0.328 e. The highest BCUT2D eigenvalue weighted by atomic mass is 16.4. The summed E-state index contributed by atoms with van der Waals surface area (Å²) in [6.07, 6.45) is 6.75. The van der Waals surface area contributed by atoms with Gasteiger partial charge in [0.15, 0.2) is 0 Å². The number of carboxylic acid groups (broad SMARTS) is 1. The predicted molar refractivity (Wildman–Crippen MR) is 81.4 cm³/mol. The van der Waals surface area contributed by atoms with Crippen molar-refractivity contribution in [3.8, 4) is 0 Å². The molecule has 0 bridgehead atoms. The van der Waals surface area contributed by atoms with E-state index in [0.29, 0.717) is 0 Å². The van der Waals surface area contributed by atoms with E-state index in [2.05, 4.69) is 17.9 Å². The molecule has 1 aromatic rings. The second-order valence-electron chi connectivity index (χ2n) is 5.50. The molecule has 0 radical (unpaired) electrons. The Morgan fingerprint density at radius 2 is 2.05 bits per heavy atom. The average molecular weight is 273 g/mol. The summed E-state index contributed by atoms with van der Waals surface area (Å²) in [6, 6.07) is 8.04. The molecule has 1 heterocycles. The molecule has 2 rings (SSSR count). The first-order valence-electron chi connectivity index (χ1n) is 7.40. The Balaban J connectivity index is 2.01. The molecule has 1 N–H and O–H groups in total. The molecule has 0 aliphatic carbocycles. The third-order valence-electron chi connectivity index (χ3n) is 4.14. The number of nitrogens with zero attached hydrogens (tertiary/aromatic N) is 1. The van der Waals surface area contributed by atoms with Gasteiger partial charge in [-0.25, -0.2) is 4.79 Å². The van der Waals surface area contributed by atoms with Crippen molar-refractivity contribution >= 4 is 12.0 Å². The van der Waals surface area contributed by atoms with Crippen molar-refractivity contribution < 1.29 is 9.90 Å². The summed E-state index contributed by atoms with van der Waals surface area (Å²) in [6.45, 7) is 5.48. The molecule has 0 spiro atoms. The zero-order chi connectivity index (χ0) is 14.4. The maximum Gasteiger partial charge on any atom is 0.328 e. The van der Waals surface area contributed by atoms with Crippen molar-refractivity contribution in [1.29, 1.82) is 0 Å². The van der Waals surface area contributed by atoms with Crippen molar-refractivity contribution in [2.45, 2.75) is 32.7 Å². The van der Waals surface area contributed by atoms with Gasteiger partial charge in [-0.05, 0) is 49.1 Å². The van der Waals surface area contributed by atoms with Crippen LogP contribution in [0.3, 0.4) is 0 Å².